The van der Waals surface area contributed by atoms with Crippen LogP contribution in [0.4, 0.5) is 0 Å². The number of nitrogens with zero attached hydrogens (tertiary/aromatic N) is 6. The molecule has 3 heterocycles. The van der Waals surface area contributed by atoms with Crippen molar-refractivity contribution in [3.8, 4) is 16.9 Å². The Kier molecular flexibility index (Phi) is 8.31. The van der Waals surface area contributed by atoms with Crippen molar-refractivity contribution in [2.75, 3.05) is 40.3 Å². The van der Waals surface area contributed by atoms with E-state index in [4.69, 9.17) is 5.10 Å². The van der Waals surface area contributed by atoms with Gasteiger partial charge in [0.1, 0.15) is 0 Å². The Morgan fingerprint density at radius 3 is 2.19 bits per heavy atom. The summed E-state index contributed by atoms with van der Waals surface area (Å²) in [5.74, 6) is -0.266. The summed E-state index contributed by atoms with van der Waals surface area (Å²) >= 11 is 1.39. The molecule has 1 saturated heterocycles. The predicted octanol–water partition coefficient (Wildman–Crippen LogP) is 4.58. The third-order valence-corrected chi connectivity index (χ3v) is 10.3. The highest BCUT2D eigenvalue weighted by Gasteiger charge is 2.29. The van der Waals surface area contributed by atoms with E-state index >= 15 is 0 Å². The third-order valence-electron chi connectivity index (χ3n) is 7.46. The fourth-order valence-electron chi connectivity index (χ4n) is 5.04. The summed E-state index contributed by atoms with van der Waals surface area (Å²) in [6.45, 7) is 4.32. The second-order valence-corrected chi connectivity index (χ2v) is 13.7. The van der Waals surface area contributed by atoms with Gasteiger partial charge in [0.15, 0.2) is 5.17 Å². The molecule has 0 unspecified atom stereocenters. The first kappa shape index (κ1) is 29.1. The van der Waals surface area contributed by atoms with E-state index < -0.39 is 10.0 Å². The van der Waals surface area contributed by atoms with Crippen LogP contribution in [0, 0.1) is 0 Å². The summed E-state index contributed by atoms with van der Waals surface area (Å²) in [5.41, 5.74) is 4.29. The molecule has 1 fully saturated rings. The molecule has 43 heavy (non-hydrogen) atoms. The standard InChI is InChI=1S/C32H32N6O3S2/c1-35(2)43(40,41)28-15-13-25(14-16-28)30-26(23-38(34-30)27-11-7-4-8-12-27)21-29-31(39)33-32(42-29)37-19-17-36(18-20-37)22-24-9-5-3-6-10-24/h3-16,21,23H,17-20,22H2,1-2H3/b29-21+. The first-order valence-electron chi connectivity index (χ1n) is 14.0. The summed E-state index contributed by atoms with van der Waals surface area (Å²) in [6.07, 6.45) is 3.72. The Morgan fingerprint density at radius 2 is 1.53 bits per heavy atom. The van der Waals surface area contributed by atoms with Gasteiger partial charge in [-0.1, -0.05) is 60.7 Å². The van der Waals surface area contributed by atoms with E-state index in [2.05, 4.69) is 39.1 Å². The van der Waals surface area contributed by atoms with Gasteiger partial charge in [-0.3, -0.25) is 9.69 Å². The van der Waals surface area contributed by atoms with E-state index in [1.807, 2.05) is 48.7 Å². The molecular formula is C32H32N6O3S2. The molecule has 220 valence electrons. The van der Waals surface area contributed by atoms with Gasteiger partial charge in [-0.2, -0.15) is 10.1 Å². The van der Waals surface area contributed by atoms with Crippen molar-refractivity contribution in [3.05, 3.63) is 107 Å². The lowest BCUT2D eigenvalue weighted by molar-refractivity contribution is -0.113. The number of aliphatic imine (C=N–C) groups is 1. The minimum Gasteiger partial charge on any atom is -0.348 e. The highest BCUT2D eigenvalue weighted by atomic mass is 32.2. The van der Waals surface area contributed by atoms with Crippen LogP contribution < -0.4 is 0 Å². The summed E-state index contributed by atoms with van der Waals surface area (Å²) in [5, 5.41) is 5.56. The molecule has 0 radical (unpaired) electrons. The molecule has 9 nitrogen and oxygen atoms in total. The number of aromatic nitrogens is 2. The monoisotopic (exact) mass is 612 g/mol. The second-order valence-electron chi connectivity index (χ2n) is 10.6. The zero-order valence-corrected chi connectivity index (χ0v) is 25.6. The summed E-state index contributed by atoms with van der Waals surface area (Å²) in [4.78, 5) is 22.8. The number of hydrogen-bond acceptors (Lipinski definition) is 7. The summed E-state index contributed by atoms with van der Waals surface area (Å²) in [7, 11) is -0.549. The largest absolute Gasteiger partial charge is 0.348 e. The van der Waals surface area contributed by atoms with Crippen molar-refractivity contribution in [1.82, 2.24) is 23.9 Å². The molecule has 0 atom stereocenters. The maximum atomic E-state index is 13.1. The molecule has 2 aliphatic heterocycles. The highest BCUT2D eigenvalue weighted by Crippen LogP contribution is 2.34. The normalized spacial score (nSPS) is 17.2. The van der Waals surface area contributed by atoms with Gasteiger partial charge in [0, 0.05) is 64.1 Å². The first-order valence-corrected chi connectivity index (χ1v) is 16.3. The lowest BCUT2D eigenvalue weighted by Crippen LogP contribution is -2.47. The Hall–Kier alpha value is -4.03. The van der Waals surface area contributed by atoms with Gasteiger partial charge in [-0.15, -0.1) is 0 Å². The smallest absolute Gasteiger partial charge is 0.286 e. The lowest BCUT2D eigenvalue weighted by atomic mass is 10.1. The van der Waals surface area contributed by atoms with Gasteiger partial charge in [-0.05, 0) is 47.7 Å². The van der Waals surface area contributed by atoms with Crippen LogP contribution in [0.25, 0.3) is 23.0 Å². The van der Waals surface area contributed by atoms with Crippen molar-refractivity contribution in [2.24, 2.45) is 4.99 Å². The number of piperazine rings is 1. The van der Waals surface area contributed by atoms with E-state index in [9.17, 15) is 13.2 Å². The van der Waals surface area contributed by atoms with E-state index in [1.54, 1.807) is 28.9 Å². The van der Waals surface area contributed by atoms with Crippen LogP contribution in [0.2, 0.25) is 0 Å². The van der Waals surface area contributed by atoms with Gasteiger partial charge in [0.25, 0.3) is 5.91 Å². The van der Waals surface area contributed by atoms with E-state index in [1.165, 1.54) is 35.7 Å². The maximum Gasteiger partial charge on any atom is 0.286 e. The van der Waals surface area contributed by atoms with Gasteiger partial charge in [0.2, 0.25) is 10.0 Å². The SMILES string of the molecule is CN(C)S(=O)(=O)c1ccc(-c2nn(-c3ccccc3)cc2/C=C2/SC(N3CCN(Cc4ccccc4)CC3)=NC2=O)cc1. The van der Waals surface area contributed by atoms with Crippen molar-refractivity contribution >= 4 is 38.9 Å². The molecule has 0 spiro atoms. The first-order chi connectivity index (χ1) is 20.8. The van der Waals surface area contributed by atoms with Gasteiger partial charge in [0.05, 0.1) is 21.2 Å². The van der Waals surface area contributed by atoms with E-state index in [-0.39, 0.29) is 10.8 Å². The number of sulfonamides is 1. The van der Waals surface area contributed by atoms with Gasteiger partial charge >= 0.3 is 0 Å². The molecule has 0 bridgehead atoms. The van der Waals surface area contributed by atoms with Crippen LogP contribution in [-0.2, 0) is 21.4 Å². The predicted molar refractivity (Wildman–Crippen MR) is 171 cm³/mol. The molecule has 2 aliphatic rings. The Morgan fingerprint density at radius 1 is 0.884 bits per heavy atom. The van der Waals surface area contributed by atoms with Crippen molar-refractivity contribution in [3.63, 3.8) is 0 Å². The number of hydrogen-bond donors (Lipinski definition) is 0. The molecule has 11 heteroatoms. The zero-order chi connectivity index (χ0) is 30.0. The van der Waals surface area contributed by atoms with Crippen LogP contribution in [0.1, 0.15) is 11.1 Å². The fraction of sp³-hybridized carbons (Fsp3) is 0.219. The number of amides is 1. The molecule has 0 N–H and O–H groups in total. The average molecular weight is 613 g/mol. The lowest BCUT2D eigenvalue weighted by Gasteiger charge is -2.35. The molecule has 4 aromatic rings. The van der Waals surface area contributed by atoms with E-state index in [0.29, 0.717) is 10.6 Å². The van der Waals surface area contributed by atoms with Gasteiger partial charge in [-0.25, -0.2) is 17.4 Å². The average Bonchev–Trinajstić information content (AvgIpc) is 3.62. The molecule has 6 rings (SSSR count). The highest BCUT2D eigenvalue weighted by molar-refractivity contribution is 8.18. The van der Waals surface area contributed by atoms with Crippen LogP contribution in [0.5, 0.6) is 0 Å². The topological polar surface area (TPSA) is 91.1 Å². The molecule has 3 aromatic carbocycles. The van der Waals surface area contributed by atoms with Crippen LogP contribution in [-0.4, -0.2) is 83.7 Å². The number of amidine groups is 1. The number of carbonyl (C=O) groups is 1. The minimum absolute atomic E-state index is 0.201. The van der Waals surface area contributed by atoms with Crippen LogP contribution in [0.3, 0.4) is 0 Å². The Labute approximate surface area is 256 Å². The van der Waals surface area contributed by atoms with Crippen LogP contribution >= 0.6 is 11.8 Å². The number of rotatable bonds is 7. The number of carbonyl (C=O) groups excluding carboxylic acids is 1. The fourth-order valence-corrected chi connectivity index (χ4v) is 6.90. The van der Waals surface area contributed by atoms with Crippen molar-refractivity contribution in [2.45, 2.75) is 11.4 Å². The van der Waals surface area contributed by atoms with Crippen molar-refractivity contribution < 1.29 is 13.2 Å². The summed E-state index contributed by atoms with van der Waals surface area (Å²) < 4.78 is 28.2. The number of thioether (sulfide) groups is 1. The van der Waals surface area contributed by atoms with Crippen LogP contribution in [0.15, 0.2) is 106 Å². The molecule has 0 saturated carbocycles. The molecular weight excluding hydrogens is 581 g/mol. The zero-order valence-electron chi connectivity index (χ0n) is 24.0. The van der Waals surface area contributed by atoms with Crippen molar-refractivity contribution in [1.29, 1.82) is 0 Å². The third kappa shape index (κ3) is 6.35. The maximum absolute atomic E-state index is 13.1. The molecule has 1 aromatic heterocycles. The molecule has 1 amide bonds. The molecule has 0 aliphatic carbocycles. The Balaban J connectivity index is 1.23. The van der Waals surface area contributed by atoms with E-state index in [0.717, 1.165) is 54.7 Å². The minimum atomic E-state index is -3.56. The Bertz CT molecular complexity index is 1780. The second kappa shape index (κ2) is 12.3. The number of benzene rings is 3. The number of para-hydroxylation sites is 1. The quantitative estimate of drug-likeness (QED) is 0.282. The summed E-state index contributed by atoms with van der Waals surface area (Å²) in [6, 6.07) is 26.8. The van der Waals surface area contributed by atoms with Gasteiger partial charge < -0.3 is 4.90 Å².